The molecule has 0 saturated carbocycles. The fraction of sp³-hybridized carbons (Fsp3) is 0.240. The van der Waals surface area contributed by atoms with Crippen molar-refractivity contribution in [3.05, 3.63) is 84.3 Å². The molecule has 3 heterocycles. The second kappa shape index (κ2) is 8.80. The fourth-order valence-electron chi connectivity index (χ4n) is 4.45. The molecule has 4 N–H and O–H groups in total. The Balaban J connectivity index is 1.32. The predicted molar refractivity (Wildman–Crippen MR) is 127 cm³/mol. The quantitative estimate of drug-likeness (QED) is 0.448. The minimum Gasteiger partial charge on any atom is -0.355 e. The number of benzene rings is 2. The minimum atomic E-state index is -0.702. The number of aromatic nitrogens is 3. The Hall–Kier alpha value is -3.71. The van der Waals surface area contributed by atoms with E-state index >= 15 is 0 Å². The lowest BCUT2D eigenvalue weighted by molar-refractivity contribution is -0.117. The van der Waals surface area contributed by atoms with Gasteiger partial charge in [-0.05, 0) is 42.2 Å². The number of nitrogens with zero attached hydrogens (tertiary/aromatic N) is 3. The Morgan fingerprint density at radius 2 is 2.00 bits per heavy atom. The molecule has 7 heteroatoms. The van der Waals surface area contributed by atoms with Gasteiger partial charge >= 0.3 is 0 Å². The van der Waals surface area contributed by atoms with Gasteiger partial charge in [-0.15, -0.1) is 0 Å². The van der Waals surface area contributed by atoms with Crippen molar-refractivity contribution in [2.75, 3.05) is 23.3 Å². The van der Waals surface area contributed by atoms with Gasteiger partial charge in [0.15, 0.2) is 0 Å². The lowest BCUT2D eigenvalue weighted by Gasteiger charge is -2.34. The van der Waals surface area contributed by atoms with Gasteiger partial charge in [-0.25, -0.2) is 9.97 Å². The van der Waals surface area contributed by atoms with E-state index in [1.165, 1.54) is 5.56 Å². The van der Waals surface area contributed by atoms with Gasteiger partial charge in [0.1, 0.15) is 23.8 Å². The minimum absolute atomic E-state index is 0.213. The number of H-pyrrole nitrogens is 1. The van der Waals surface area contributed by atoms with E-state index in [-0.39, 0.29) is 5.91 Å². The molecule has 2 aromatic heterocycles. The van der Waals surface area contributed by atoms with Crippen molar-refractivity contribution in [1.29, 1.82) is 0 Å². The van der Waals surface area contributed by atoms with Crippen molar-refractivity contribution in [2.45, 2.75) is 24.8 Å². The highest BCUT2D eigenvalue weighted by Gasteiger charge is 2.24. The van der Waals surface area contributed by atoms with Gasteiger partial charge in [-0.3, -0.25) is 4.79 Å². The molecule has 1 fully saturated rings. The third-order valence-corrected chi connectivity index (χ3v) is 6.12. The molecule has 1 aliphatic rings. The number of nitrogens with one attached hydrogen (secondary N) is 2. The van der Waals surface area contributed by atoms with Crippen LogP contribution in [0.15, 0.2) is 73.2 Å². The van der Waals surface area contributed by atoms with E-state index in [0.29, 0.717) is 5.92 Å². The van der Waals surface area contributed by atoms with Crippen LogP contribution in [-0.4, -0.2) is 33.9 Å². The second-order valence-corrected chi connectivity index (χ2v) is 8.23. The summed E-state index contributed by atoms with van der Waals surface area (Å²) in [6.45, 7) is 1.84. The number of anilines is 2. The van der Waals surface area contributed by atoms with Crippen LogP contribution in [0.5, 0.6) is 0 Å². The molecule has 162 valence electrons. The van der Waals surface area contributed by atoms with Crippen molar-refractivity contribution >= 4 is 28.4 Å². The summed E-state index contributed by atoms with van der Waals surface area (Å²) < 4.78 is 0. The molecule has 0 aliphatic carbocycles. The van der Waals surface area contributed by atoms with Gasteiger partial charge in [-0.2, -0.15) is 0 Å². The van der Waals surface area contributed by atoms with Gasteiger partial charge in [0.2, 0.25) is 5.91 Å². The number of nitrogens with two attached hydrogens (primary N) is 1. The van der Waals surface area contributed by atoms with Crippen LogP contribution in [0.2, 0.25) is 0 Å². The molecular weight excluding hydrogens is 400 g/mol. The van der Waals surface area contributed by atoms with E-state index in [4.69, 9.17) is 5.73 Å². The van der Waals surface area contributed by atoms with Crippen LogP contribution in [0.1, 0.15) is 35.9 Å². The third-order valence-electron chi connectivity index (χ3n) is 6.12. The van der Waals surface area contributed by atoms with E-state index in [1.54, 1.807) is 6.33 Å². The maximum Gasteiger partial charge on any atom is 0.245 e. The first-order chi connectivity index (χ1) is 15.7. The Morgan fingerprint density at radius 3 is 2.88 bits per heavy atom. The molecule has 2 aromatic carbocycles. The van der Waals surface area contributed by atoms with Gasteiger partial charge in [0, 0.05) is 30.9 Å². The first kappa shape index (κ1) is 20.2. The number of rotatable bonds is 5. The van der Waals surface area contributed by atoms with E-state index < -0.39 is 6.04 Å². The standard InChI is InChI=1S/C25H26N6O/c26-22(17-6-2-1-3-7-17)25(32)30-20-10-4-8-18(14-20)19-9-5-13-31(15-19)24-21-11-12-27-23(21)28-16-29-24/h1-4,6-8,10-12,14,16,19,22H,5,9,13,15,26H2,(H,30,32)(H,27,28,29). The molecule has 1 aliphatic heterocycles. The normalized spacial score (nSPS) is 17.3. The van der Waals surface area contributed by atoms with Crippen LogP contribution >= 0.6 is 0 Å². The summed E-state index contributed by atoms with van der Waals surface area (Å²) in [4.78, 5) is 27.0. The van der Waals surface area contributed by atoms with E-state index in [9.17, 15) is 4.79 Å². The molecule has 4 aromatic rings. The third kappa shape index (κ3) is 4.07. The summed E-state index contributed by atoms with van der Waals surface area (Å²) in [5.74, 6) is 1.11. The molecule has 0 bridgehead atoms. The topological polar surface area (TPSA) is 99.9 Å². The van der Waals surface area contributed by atoms with E-state index in [1.807, 2.05) is 54.7 Å². The monoisotopic (exact) mass is 426 g/mol. The number of aromatic amines is 1. The largest absolute Gasteiger partial charge is 0.355 e. The molecule has 7 nitrogen and oxygen atoms in total. The van der Waals surface area contributed by atoms with Crippen LogP contribution in [0.4, 0.5) is 11.5 Å². The number of carbonyl (C=O) groups excluding carboxylic acids is 1. The SMILES string of the molecule is NC(C(=O)Nc1cccc(C2CCCN(c3ncnc4[nH]ccc34)C2)c1)c1ccccc1. The van der Waals surface area contributed by atoms with Crippen LogP contribution in [0.25, 0.3) is 11.0 Å². The average molecular weight is 427 g/mol. The summed E-state index contributed by atoms with van der Waals surface area (Å²) in [5.41, 5.74) is 9.79. The van der Waals surface area contributed by atoms with E-state index in [0.717, 1.165) is 54.0 Å². The number of amides is 1. The van der Waals surface area contributed by atoms with E-state index in [2.05, 4.69) is 37.3 Å². The van der Waals surface area contributed by atoms with Crippen molar-refractivity contribution in [3.63, 3.8) is 0 Å². The van der Waals surface area contributed by atoms with Crippen molar-refractivity contribution in [3.8, 4) is 0 Å². The number of fused-ring (bicyclic) bond motifs is 1. The maximum absolute atomic E-state index is 12.7. The second-order valence-electron chi connectivity index (χ2n) is 8.23. The Bertz CT molecular complexity index is 1220. The molecule has 0 spiro atoms. The molecule has 1 amide bonds. The highest BCUT2D eigenvalue weighted by atomic mass is 16.2. The first-order valence-corrected chi connectivity index (χ1v) is 10.9. The maximum atomic E-state index is 12.7. The molecule has 2 atom stereocenters. The summed E-state index contributed by atoms with van der Waals surface area (Å²) in [5, 5.41) is 4.03. The summed E-state index contributed by atoms with van der Waals surface area (Å²) in [6.07, 6.45) is 5.69. The lowest BCUT2D eigenvalue weighted by Crippen LogP contribution is -2.35. The van der Waals surface area contributed by atoms with Crippen LogP contribution < -0.4 is 16.0 Å². The lowest BCUT2D eigenvalue weighted by atomic mass is 9.90. The van der Waals surface area contributed by atoms with Crippen molar-refractivity contribution in [1.82, 2.24) is 15.0 Å². The molecule has 2 unspecified atom stereocenters. The van der Waals surface area contributed by atoms with Crippen LogP contribution in [-0.2, 0) is 4.79 Å². The Morgan fingerprint density at radius 1 is 1.12 bits per heavy atom. The molecule has 32 heavy (non-hydrogen) atoms. The summed E-state index contributed by atoms with van der Waals surface area (Å²) in [7, 11) is 0. The molecule has 1 saturated heterocycles. The molecular formula is C25H26N6O. The zero-order valence-electron chi connectivity index (χ0n) is 17.7. The smallest absolute Gasteiger partial charge is 0.245 e. The number of hydrogen-bond donors (Lipinski definition) is 3. The van der Waals surface area contributed by atoms with Crippen LogP contribution in [0.3, 0.4) is 0 Å². The number of hydrogen-bond acceptors (Lipinski definition) is 5. The van der Waals surface area contributed by atoms with Crippen LogP contribution in [0, 0.1) is 0 Å². The number of piperidine rings is 1. The van der Waals surface area contributed by atoms with Crippen molar-refractivity contribution in [2.24, 2.45) is 5.73 Å². The summed E-state index contributed by atoms with van der Waals surface area (Å²) >= 11 is 0. The zero-order chi connectivity index (χ0) is 21.9. The predicted octanol–water partition coefficient (Wildman–Crippen LogP) is 3.98. The fourth-order valence-corrected chi connectivity index (χ4v) is 4.45. The highest BCUT2D eigenvalue weighted by Crippen LogP contribution is 2.32. The van der Waals surface area contributed by atoms with Gasteiger partial charge in [-0.1, -0.05) is 42.5 Å². The average Bonchev–Trinajstić information content (AvgIpc) is 3.33. The number of carbonyl (C=O) groups is 1. The zero-order valence-corrected chi connectivity index (χ0v) is 17.7. The molecule has 5 rings (SSSR count). The van der Waals surface area contributed by atoms with Gasteiger partial charge < -0.3 is 20.9 Å². The van der Waals surface area contributed by atoms with Gasteiger partial charge in [0.25, 0.3) is 0 Å². The first-order valence-electron chi connectivity index (χ1n) is 10.9. The van der Waals surface area contributed by atoms with Crippen molar-refractivity contribution < 1.29 is 4.79 Å². The van der Waals surface area contributed by atoms with Gasteiger partial charge in [0.05, 0.1) is 5.39 Å². The molecule has 0 radical (unpaired) electrons. The Kier molecular flexibility index (Phi) is 5.56. The highest BCUT2D eigenvalue weighted by molar-refractivity contribution is 5.95. The Labute approximate surface area is 186 Å². The summed E-state index contributed by atoms with van der Waals surface area (Å²) in [6, 6.07) is 18.8.